The number of carbonyl (C=O) groups excluding carboxylic acids is 2. The van der Waals surface area contributed by atoms with Gasteiger partial charge in [0, 0.05) is 19.0 Å². The highest BCUT2D eigenvalue weighted by molar-refractivity contribution is 6.42. The fraction of sp³-hybridized carbons (Fsp3) is 0.357. The van der Waals surface area contributed by atoms with Gasteiger partial charge in [-0.2, -0.15) is 0 Å². The highest BCUT2D eigenvalue weighted by Gasteiger charge is 2.29. The van der Waals surface area contributed by atoms with E-state index < -0.39 is 6.04 Å². The van der Waals surface area contributed by atoms with Crippen molar-refractivity contribution in [2.45, 2.75) is 65.1 Å². The second-order valence-electron chi connectivity index (χ2n) is 8.65. The van der Waals surface area contributed by atoms with Crippen molar-refractivity contribution >= 4 is 45.8 Å². The number of hydrogen-bond donors (Lipinski definition) is 1. The molecule has 2 amide bonds. The molecule has 3 aromatic rings. The summed E-state index contributed by atoms with van der Waals surface area (Å²) in [5.74, 6) is -0.194. The Morgan fingerprint density at radius 1 is 0.941 bits per heavy atom. The Hall–Kier alpha value is -2.56. The Morgan fingerprint density at radius 2 is 1.68 bits per heavy atom. The lowest BCUT2D eigenvalue weighted by atomic mass is 10.00. The van der Waals surface area contributed by atoms with Crippen molar-refractivity contribution in [3.05, 3.63) is 81.8 Å². The lowest BCUT2D eigenvalue weighted by Crippen LogP contribution is -2.50. The molecule has 3 rings (SSSR count). The van der Waals surface area contributed by atoms with Crippen LogP contribution in [0.15, 0.2) is 60.7 Å². The molecule has 180 valence electrons. The van der Waals surface area contributed by atoms with Gasteiger partial charge in [-0.3, -0.25) is 9.59 Å². The summed E-state index contributed by atoms with van der Waals surface area (Å²) >= 11 is 12.3. The zero-order valence-corrected chi connectivity index (χ0v) is 21.5. The average molecular weight is 499 g/mol. The van der Waals surface area contributed by atoms with Gasteiger partial charge < -0.3 is 10.2 Å². The van der Waals surface area contributed by atoms with Crippen LogP contribution in [0.25, 0.3) is 10.8 Å². The first-order valence-electron chi connectivity index (χ1n) is 11.8. The normalized spacial score (nSPS) is 12.9. The van der Waals surface area contributed by atoms with Crippen LogP contribution in [-0.2, 0) is 22.6 Å². The Morgan fingerprint density at radius 3 is 2.38 bits per heavy atom. The van der Waals surface area contributed by atoms with Gasteiger partial charge >= 0.3 is 0 Å². The quantitative estimate of drug-likeness (QED) is 0.334. The molecule has 0 aliphatic carbocycles. The van der Waals surface area contributed by atoms with Crippen molar-refractivity contribution < 1.29 is 9.59 Å². The minimum atomic E-state index is -0.566. The molecule has 0 fully saturated rings. The number of fused-ring (bicyclic) bond motifs is 1. The van der Waals surface area contributed by atoms with Gasteiger partial charge in [-0.15, -0.1) is 0 Å². The fourth-order valence-electron chi connectivity index (χ4n) is 4.09. The minimum Gasteiger partial charge on any atom is -0.352 e. The second kappa shape index (κ2) is 12.2. The Kier molecular flexibility index (Phi) is 9.37. The summed E-state index contributed by atoms with van der Waals surface area (Å²) in [7, 11) is 0. The predicted octanol–water partition coefficient (Wildman–Crippen LogP) is 6.80. The summed E-state index contributed by atoms with van der Waals surface area (Å²) < 4.78 is 0. The number of rotatable bonds is 10. The van der Waals surface area contributed by atoms with E-state index >= 15 is 0 Å². The van der Waals surface area contributed by atoms with Crippen molar-refractivity contribution in [3.8, 4) is 0 Å². The molecule has 34 heavy (non-hydrogen) atoms. The molecule has 0 saturated heterocycles. The van der Waals surface area contributed by atoms with E-state index in [1.165, 1.54) is 0 Å². The van der Waals surface area contributed by atoms with E-state index in [0.717, 1.165) is 28.3 Å². The van der Waals surface area contributed by atoms with Gasteiger partial charge in [0.2, 0.25) is 11.8 Å². The van der Waals surface area contributed by atoms with Crippen LogP contribution in [0.5, 0.6) is 0 Å². The monoisotopic (exact) mass is 498 g/mol. The molecule has 4 nitrogen and oxygen atoms in total. The molecule has 0 saturated carbocycles. The highest BCUT2D eigenvalue weighted by Crippen LogP contribution is 2.25. The zero-order valence-electron chi connectivity index (χ0n) is 20.0. The first-order chi connectivity index (χ1) is 16.3. The van der Waals surface area contributed by atoms with Crippen LogP contribution in [-0.4, -0.2) is 28.8 Å². The lowest BCUT2D eigenvalue weighted by Gasteiger charge is -2.31. The van der Waals surface area contributed by atoms with E-state index in [1.807, 2.05) is 45.0 Å². The largest absolute Gasteiger partial charge is 0.352 e. The average Bonchev–Trinajstić information content (AvgIpc) is 2.84. The van der Waals surface area contributed by atoms with Crippen molar-refractivity contribution in [2.24, 2.45) is 0 Å². The summed E-state index contributed by atoms with van der Waals surface area (Å²) in [5, 5.41) is 6.23. The van der Waals surface area contributed by atoms with Crippen LogP contribution in [0.3, 0.4) is 0 Å². The third-order valence-corrected chi connectivity index (χ3v) is 6.95. The van der Waals surface area contributed by atoms with Gasteiger partial charge in [-0.05, 0) is 60.2 Å². The van der Waals surface area contributed by atoms with Crippen molar-refractivity contribution in [1.82, 2.24) is 10.2 Å². The molecular weight excluding hydrogens is 467 g/mol. The molecule has 1 N–H and O–H groups in total. The van der Waals surface area contributed by atoms with Crippen LogP contribution in [0.2, 0.25) is 10.0 Å². The summed E-state index contributed by atoms with van der Waals surface area (Å²) in [4.78, 5) is 28.3. The van der Waals surface area contributed by atoms with Gasteiger partial charge in [0.15, 0.2) is 0 Å². The van der Waals surface area contributed by atoms with Crippen LogP contribution >= 0.6 is 23.2 Å². The van der Waals surface area contributed by atoms with E-state index in [-0.39, 0.29) is 24.4 Å². The summed E-state index contributed by atoms with van der Waals surface area (Å²) in [6.07, 6.45) is 2.25. The third kappa shape index (κ3) is 6.52. The third-order valence-electron chi connectivity index (χ3n) is 6.21. The van der Waals surface area contributed by atoms with Crippen molar-refractivity contribution in [3.63, 3.8) is 0 Å². The Labute approximate surface area is 212 Å². The molecule has 0 unspecified atom stereocenters. The molecule has 3 aromatic carbocycles. The SMILES string of the molecule is CC[C@H](C(=O)N[C@@H](C)CC)N(Cc1ccc(Cl)c(Cl)c1)C(=O)CCc1cccc2ccccc12. The van der Waals surface area contributed by atoms with E-state index in [2.05, 4.69) is 29.6 Å². The predicted molar refractivity (Wildman–Crippen MR) is 141 cm³/mol. The number of benzene rings is 3. The zero-order chi connectivity index (χ0) is 24.7. The molecule has 0 heterocycles. The van der Waals surface area contributed by atoms with E-state index in [1.54, 1.807) is 17.0 Å². The Balaban J connectivity index is 1.85. The molecule has 6 heteroatoms. The molecule has 0 aliphatic rings. The topological polar surface area (TPSA) is 49.4 Å². The first kappa shape index (κ1) is 26.1. The second-order valence-corrected chi connectivity index (χ2v) is 9.46. The number of amides is 2. The standard InChI is InChI=1S/C28H32Cl2N2O2/c1-4-19(3)31-28(34)26(5-2)32(18-20-13-15-24(29)25(30)17-20)27(33)16-14-22-11-8-10-21-9-6-7-12-23(21)22/h6-13,15,17,19,26H,4-5,14,16,18H2,1-3H3,(H,31,34)/t19-,26+/m0/s1. The van der Waals surface area contributed by atoms with Crippen LogP contribution in [0.4, 0.5) is 0 Å². The van der Waals surface area contributed by atoms with Crippen LogP contribution in [0, 0.1) is 0 Å². The van der Waals surface area contributed by atoms with Gasteiger partial charge in [-0.1, -0.05) is 85.6 Å². The minimum absolute atomic E-state index is 0.0409. The number of nitrogens with one attached hydrogen (secondary N) is 1. The molecule has 2 atom stereocenters. The number of hydrogen-bond acceptors (Lipinski definition) is 2. The molecule has 0 aromatic heterocycles. The van der Waals surface area contributed by atoms with Gasteiger partial charge in [0.1, 0.15) is 6.04 Å². The highest BCUT2D eigenvalue weighted by atomic mass is 35.5. The molecule has 0 aliphatic heterocycles. The van der Waals surface area contributed by atoms with Crippen molar-refractivity contribution in [1.29, 1.82) is 0 Å². The Bertz CT molecular complexity index is 1140. The molecule has 0 spiro atoms. The maximum Gasteiger partial charge on any atom is 0.243 e. The fourth-order valence-corrected chi connectivity index (χ4v) is 4.41. The van der Waals surface area contributed by atoms with Crippen LogP contribution < -0.4 is 5.32 Å². The van der Waals surface area contributed by atoms with Gasteiger partial charge in [0.25, 0.3) is 0 Å². The van der Waals surface area contributed by atoms with E-state index in [0.29, 0.717) is 29.3 Å². The van der Waals surface area contributed by atoms with E-state index in [9.17, 15) is 9.59 Å². The first-order valence-corrected chi connectivity index (χ1v) is 12.6. The van der Waals surface area contributed by atoms with Gasteiger partial charge in [-0.25, -0.2) is 0 Å². The summed E-state index contributed by atoms with van der Waals surface area (Å²) in [6, 6.07) is 19.1. The summed E-state index contributed by atoms with van der Waals surface area (Å²) in [6.45, 7) is 6.21. The van der Waals surface area contributed by atoms with Crippen LogP contribution in [0.1, 0.15) is 51.2 Å². The maximum absolute atomic E-state index is 13.6. The molecule has 0 radical (unpaired) electrons. The smallest absolute Gasteiger partial charge is 0.243 e. The summed E-state index contributed by atoms with van der Waals surface area (Å²) in [5.41, 5.74) is 1.96. The number of aryl methyl sites for hydroxylation is 1. The number of nitrogens with zero attached hydrogens (tertiary/aromatic N) is 1. The molecular formula is C28H32Cl2N2O2. The van der Waals surface area contributed by atoms with Crippen molar-refractivity contribution in [2.75, 3.05) is 0 Å². The maximum atomic E-state index is 13.6. The number of halogens is 2. The van der Waals surface area contributed by atoms with E-state index in [4.69, 9.17) is 23.2 Å². The lowest BCUT2D eigenvalue weighted by molar-refractivity contribution is -0.141. The number of carbonyl (C=O) groups is 2. The molecule has 0 bridgehead atoms. The van der Waals surface area contributed by atoms with Gasteiger partial charge in [0.05, 0.1) is 10.0 Å².